The zero-order valence-electron chi connectivity index (χ0n) is 13.7. The van der Waals surface area contributed by atoms with E-state index in [0.29, 0.717) is 24.3 Å². The van der Waals surface area contributed by atoms with Gasteiger partial charge in [-0.15, -0.1) is 0 Å². The van der Waals surface area contributed by atoms with Gasteiger partial charge in [-0.3, -0.25) is 4.98 Å². The smallest absolute Gasteiger partial charge is 0.339 e. The quantitative estimate of drug-likeness (QED) is 0.778. The zero-order chi connectivity index (χ0) is 17.6. The molecule has 2 rings (SSSR count). The van der Waals surface area contributed by atoms with Crippen LogP contribution in [0.15, 0.2) is 47.6 Å². The van der Waals surface area contributed by atoms with Gasteiger partial charge in [-0.2, -0.15) is 0 Å². The Morgan fingerprint density at radius 3 is 2.46 bits per heavy atom. The first kappa shape index (κ1) is 18.1. The van der Waals surface area contributed by atoms with Crippen molar-refractivity contribution in [1.82, 2.24) is 9.71 Å². The summed E-state index contributed by atoms with van der Waals surface area (Å²) in [5.41, 5.74) is 1.84. The highest BCUT2D eigenvalue weighted by atomic mass is 32.2. The Hall–Kier alpha value is -2.25. The zero-order valence-corrected chi connectivity index (χ0v) is 14.5. The lowest BCUT2D eigenvalue weighted by Crippen LogP contribution is -2.24. The lowest BCUT2D eigenvalue weighted by molar-refractivity contribution is 0.0526. The Morgan fingerprint density at radius 2 is 1.83 bits per heavy atom. The van der Waals surface area contributed by atoms with E-state index < -0.39 is 16.0 Å². The standard InChI is InChI=1S/C17H20N2O4S/c1-3-9-19-24(21,22)16-7-5-13(6-8-16)14-10-15(12-18-11-14)17(20)23-4-2/h5-8,10-12,19H,3-4,9H2,1-2H3. The minimum Gasteiger partial charge on any atom is -0.462 e. The summed E-state index contributed by atoms with van der Waals surface area (Å²) in [4.78, 5) is 16.0. The summed E-state index contributed by atoms with van der Waals surface area (Å²) < 4.78 is 31.6. The van der Waals surface area contributed by atoms with E-state index in [9.17, 15) is 13.2 Å². The van der Waals surface area contributed by atoms with Gasteiger partial charge in [0.15, 0.2) is 0 Å². The number of rotatable bonds is 7. The molecule has 7 heteroatoms. The van der Waals surface area contributed by atoms with Gasteiger partial charge in [0.25, 0.3) is 0 Å². The van der Waals surface area contributed by atoms with Crippen molar-refractivity contribution in [2.45, 2.75) is 25.2 Å². The number of hydrogen-bond acceptors (Lipinski definition) is 5. The monoisotopic (exact) mass is 348 g/mol. The lowest BCUT2D eigenvalue weighted by atomic mass is 10.1. The number of aromatic nitrogens is 1. The van der Waals surface area contributed by atoms with Crippen molar-refractivity contribution >= 4 is 16.0 Å². The normalized spacial score (nSPS) is 11.2. The minimum absolute atomic E-state index is 0.203. The maximum atomic E-state index is 12.1. The Morgan fingerprint density at radius 1 is 1.12 bits per heavy atom. The Kier molecular flexibility index (Phi) is 6.05. The molecule has 6 nitrogen and oxygen atoms in total. The molecule has 0 unspecified atom stereocenters. The van der Waals surface area contributed by atoms with Crippen LogP contribution in [0.3, 0.4) is 0 Å². The largest absolute Gasteiger partial charge is 0.462 e. The van der Waals surface area contributed by atoms with Crippen LogP contribution in [-0.2, 0) is 14.8 Å². The molecular formula is C17H20N2O4S. The average molecular weight is 348 g/mol. The number of sulfonamides is 1. The summed E-state index contributed by atoms with van der Waals surface area (Å²) >= 11 is 0. The van der Waals surface area contributed by atoms with Crippen molar-refractivity contribution in [1.29, 1.82) is 0 Å². The first-order chi connectivity index (χ1) is 11.5. The number of nitrogens with one attached hydrogen (secondary N) is 1. The molecular weight excluding hydrogens is 328 g/mol. The highest BCUT2D eigenvalue weighted by molar-refractivity contribution is 7.89. The first-order valence-electron chi connectivity index (χ1n) is 7.70. The third kappa shape index (κ3) is 4.39. The number of carbonyl (C=O) groups excluding carboxylic acids is 1. The molecule has 0 spiro atoms. The van der Waals surface area contributed by atoms with Crippen molar-refractivity contribution in [3.63, 3.8) is 0 Å². The predicted molar refractivity (Wildman–Crippen MR) is 91.1 cm³/mol. The molecule has 128 valence electrons. The highest BCUT2D eigenvalue weighted by Crippen LogP contribution is 2.22. The summed E-state index contributed by atoms with van der Waals surface area (Å²) in [6.07, 6.45) is 3.78. The van der Waals surface area contributed by atoms with E-state index in [1.54, 1.807) is 31.3 Å². The van der Waals surface area contributed by atoms with Crippen LogP contribution in [0.2, 0.25) is 0 Å². The van der Waals surface area contributed by atoms with Crippen LogP contribution < -0.4 is 4.72 Å². The second-order valence-electron chi connectivity index (χ2n) is 5.10. The van der Waals surface area contributed by atoms with Crippen molar-refractivity contribution in [2.75, 3.05) is 13.2 Å². The second kappa shape index (κ2) is 8.03. The highest BCUT2D eigenvalue weighted by Gasteiger charge is 2.13. The average Bonchev–Trinajstić information content (AvgIpc) is 2.60. The van der Waals surface area contributed by atoms with Gasteiger partial charge in [0.2, 0.25) is 10.0 Å². The molecule has 0 saturated carbocycles. The fourth-order valence-electron chi connectivity index (χ4n) is 2.07. The van der Waals surface area contributed by atoms with Crippen LogP contribution >= 0.6 is 0 Å². The van der Waals surface area contributed by atoms with Crippen LogP contribution in [0.25, 0.3) is 11.1 Å². The number of nitrogens with zero attached hydrogens (tertiary/aromatic N) is 1. The van der Waals surface area contributed by atoms with Gasteiger partial charge in [-0.25, -0.2) is 17.9 Å². The molecule has 0 aliphatic rings. The molecule has 0 aliphatic heterocycles. The van der Waals surface area contributed by atoms with Gasteiger partial charge in [0.05, 0.1) is 17.1 Å². The third-order valence-corrected chi connectivity index (χ3v) is 4.77. The Bertz CT molecular complexity index is 802. The van der Waals surface area contributed by atoms with E-state index in [-0.39, 0.29) is 4.90 Å². The van der Waals surface area contributed by atoms with E-state index >= 15 is 0 Å². The maximum absolute atomic E-state index is 12.1. The molecule has 0 aliphatic carbocycles. The van der Waals surface area contributed by atoms with E-state index in [1.165, 1.54) is 18.3 Å². The molecule has 0 amide bonds. The number of pyridine rings is 1. The first-order valence-corrected chi connectivity index (χ1v) is 9.18. The molecule has 24 heavy (non-hydrogen) atoms. The molecule has 1 N–H and O–H groups in total. The molecule has 0 saturated heterocycles. The van der Waals surface area contributed by atoms with Gasteiger partial charge in [-0.1, -0.05) is 19.1 Å². The van der Waals surface area contributed by atoms with Gasteiger partial charge < -0.3 is 4.74 Å². The number of carbonyl (C=O) groups is 1. The Labute approximate surface area is 141 Å². The van der Waals surface area contributed by atoms with Gasteiger partial charge in [0, 0.05) is 24.5 Å². The summed E-state index contributed by atoms with van der Waals surface area (Å²) in [5, 5.41) is 0. The lowest BCUT2D eigenvalue weighted by Gasteiger charge is -2.08. The molecule has 1 aromatic carbocycles. The van der Waals surface area contributed by atoms with Crippen LogP contribution in [0.1, 0.15) is 30.6 Å². The fourth-order valence-corrected chi connectivity index (χ4v) is 3.20. The van der Waals surface area contributed by atoms with E-state index in [4.69, 9.17) is 4.74 Å². The topological polar surface area (TPSA) is 85.4 Å². The molecule has 2 aromatic rings. The SMILES string of the molecule is CCCNS(=O)(=O)c1ccc(-c2cncc(C(=O)OCC)c2)cc1. The Balaban J connectivity index is 2.25. The van der Waals surface area contributed by atoms with Crippen molar-refractivity contribution < 1.29 is 17.9 Å². The minimum atomic E-state index is -3.49. The molecule has 0 atom stereocenters. The maximum Gasteiger partial charge on any atom is 0.339 e. The van der Waals surface area contributed by atoms with Crippen molar-refractivity contribution in [2.24, 2.45) is 0 Å². The van der Waals surface area contributed by atoms with Crippen LogP contribution in [0.4, 0.5) is 0 Å². The molecule has 0 fully saturated rings. The summed E-state index contributed by atoms with van der Waals surface area (Å²) in [5.74, 6) is -0.435. The van der Waals surface area contributed by atoms with Crippen LogP contribution in [0, 0.1) is 0 Å². The number of hydrogen-bond donors (Lipinski definition) is 1. The summed E-state index contributed by atoms with van der Waals surface area (Å²) in [7, 11) is -3.49. The van der Waals surface area contributed by atoms with Crippen molar-refractivity contribution in [3.05, 3.63) is 48.3 Å². The summed E-state index contributed by atoms with van der Waals surface area (Å²) in [6.45, 7) is 4.33. The fraction of sp³-hybridized carbons (Fsp3) is 0.294. The predicted octanol–water partition coefficient (Wildman–Crippen LogP) is 2.61. The number of benzene rings is 1. The summed E-state index contributed by atoms with van der Waals surface area (Å²) in [6, 6.07) is 8.11. The number of esters is 1. The number of ether oxygens (including phenoxy) is 1. The van der Waals surface area contributed by atoms with Crippen molar-refractivity contribution in [3.8, 4) is 11.1 Å². The molecule has 1 aromatic heterocycles. The van der Waals surface area contributed by atoms with Crippen LogP contribution in [-0.4, -0.2) is 32.5 Å². The third-order valence-electron chi connectivity index (χ3n) is 3.29. The second-order valence-corrected chi connectivity index (χ2v) is 6.87. The van der Waals surface area contributed by atoms with E-state index in [0.717, 1.165) is 12.0 Å². The van der Waals surface area contributed by atoms with Crippen LogP contribution in [0.5, 0.6) is 0 Å². The van der Waals surface area contributed by atoms with E-state index in [2.05, 4.69) is 9.71 Å². The van der Waals surface area contributed by atoms with Gasteiger partial charge in [0.1, 0.15) is 0 Å². The van der Waals surface area contributed by atoms with E-state index in [1.807, 2.05) is 6.92 Å². The molecule has 0 bridgehead atoms. The van der Waals surface area contributed by atoms with Gasteiger partial charge in [-0.05, 0) is 37.1 Å². The van der Waals surface area contributed by atoms with Gasteiger partial charge >= 0.3 is 5.97 Å². The molecule has 0 radical (unpaired) electrons. The molecule has 1 heterocycles.